The predicted octanol–water partition coefficient (Wildman–Crippen LogP) is 2.98. The number of hydrogen-bond acceptors (Lipinski definition) is 2. The van der Waals surface area contributed by atoms with Crippen LogP contribution in [0.1, 0.15) is 35.6 Å². The van der Waals surface area contributed by atoms with E-state index in [1.807, 2.05) is 64.1 Å². The minimum absolute atomic E-state index is 0. The lowest BCUT2D eigenvalue weighted by Gasteiger charge is -2.24. The molecule has 0 saturated heterocycles. The van der Waals surface area contributed by atoms with Crippen LogP contribution in [0, 0.1) is 13.8 Å². The molecule has 1 aromatic carbocycles. The molecule has 3 N–H and O–H groups in total. The van der Waals surface area contributed by atoms with Gasteiger partial charge in [-0.3, -0.25) is 4.79 Å². The number of benzene rings is 1. The maximum Gasteiger partial charge on any atom is 0.253 e. The third-order valence-electron chi connectivity index (χ3n) is 3.65. The van der Waals surface area contributed by atoms with Gasteiger partial charge in [0.05, 0.1) is 5.56 Å². The van der Waals surface area contributed by atoms with Crippen molar-refractivity contribution in [3.63, 3.8) is 0 Å². The SMILES string of the molecule is Cc1cc(C(=O)NC(C)(C)CN)c(C)n1-c1ccccc1.Cl. The number of amides is 1. The Morgan fingerprint density at radius 2 is 1.82 bits per heavy atom. The van der Waals surface area contributed by atoms with Crippen LogP contribution in [0.3, 0.4) is 0 Å². The summed E-state index contributed by atoms with van der Waals surface area (Å²) < 4.78 is 2.09. The number of aryl methyl sites for hydroxylation is 1. The Morgan fingerprint density at radius 3 is 2.36 bits per heavy atom. The van der Waals surface area contributed by atoms with Gasteiger partial charge in [0, 0.05) is 29.2 Å². The van der Waals surface area contributed by atoms with Gasteiger partial charge in [0.15, 0.2) is 0 Å². The van der Waals surface area contributed by atoms with Crippen molar-refractivity contribution in [2.75, 3.05) is 6.54 Å². The van der Waals surface area contributed by atoms with E-state index >= 15 is 0 Å². The van der Waals surface area contributed by atoms with Crippen molar-refractivity contribution >= 4 is 18.3 Å². The predicted molar refractivity (Wildman–Crippen MR) is 93.1 cm³/mol. The number of halogens is 1. The highest BCUT2D eigenvalue weighted by Gasteiger charge is 2.22. The second-order valence-electron chi connectivity index (χ2n) is 6.00. The highest BCUT2D eigenvalue weighted by atomic mass is 35.5. The van der Waals surface area contributed by atoms with Gasteiger partial charge in [0.1, 0.15) is 0 Å². The molecular formula is C17H24ClN3O. The van der Waals surface area contributed by atoms with E-state index in [-0.39, 0.29) is 18.3 Å². The minimum Gasteiger partial charge on any atom is -0.346 e. The van der Waals surface area contributed by atoms with E-state index in [2.05, 4.69) is 9.88 Å². The molecular weight excluding hydrogens is 298 g/mol. The van der Waals surface area contributed by atoms with E-state index in [4.69, 9.17) is 5.73 Å². The first-order valence-electron chi connectivity index (χ1n) is 7.12. The third kappa shape index (κ3) is 3.70. The van der Waals surface area contributed by atoms with E-state index in [9.17, 15) is 4.79 Å². The summed E-state index contributed by atoms with van der Waals surface area (Å²) in [5, 5.41) is 2.98. The maximum atomic E-state index is 12.5. The fourth-order valence-electron chi connectivity index (χ4n) is 2.39. The molecule has 1 aromatic heterocycles. The van der Waals surface area contributed by atoms with Gasteiger partial charge < -0.3 is 15.6 Å². The van der Waals surface area contributed by atoms with Gasteiger partial charge >= 0.3 is 0 Å². The average Bonchev–Trinajstić information content (AvgIpc) is 2.74. The molecule has 0 fully saturated rings. The molecule has 1 heterocycles. The topological polar surface area (TPSA) is 60.1 Å². The summed E-state index contributed by atoms with van der Waals surface area (Å²) in [7, 11) is 0. The van der Waals surface area contributed by atoms with E-state index in [1.54, 1.807) is 0 Å². The number of hydrogen-bond donors (Lipinski definition) is 2. The summed E-state index contributed by atoms with van der Waals surface area (Å²) >= 11 is 0. The molecule has 0 radical (unpaired) electrons. The Hall–Kier alpha value is -1.78. The number of nitrogens with zero attached hydrogens (tertiary/aromatic N) is 1. The van der Waals surface area contributed by atoms with Crippen molar-refractivity contribution in [3.8, 4) is 5.69 Å². The number of carbonyl (C=O) groups is 1. The molecule has 0 saturated carbocycles. The van der Waals surface area contributed by atoms with E-state index in [1.165, 1.54) is 0 Å². The quantitative estimate of drug-likeness (QED) is 0.909. The van der Waals surface area contributed by atoms with Crippen LogP contribution in [0.5, 0.6) is 0 Å². The first kappa shape index (κ1) is 18.3. The lowest BCUT2D eigenvalue weighted by molar-refractivity contribution is 0.0915. The smallest absolute Gasteiger partial charge is 0.253 e. The summed E-state index contributed by atoms with van der Waals surface area (Å²) in [5.74, 6) is -0.0827. The number of carbonyl (C=O) groups excluding carboxylic acids is 1. The Bertz CT molecular complexity index is 647. The fourth-order valence-corrected chi connectivity index (χ4v) is 2.39. The lowest BCUT2D eigenvalue weighted by atomic mass is 10.1. The van der Waals surface area contributed by atoms with Gasteiger partial charge in [-0.25, -0.2) is 0 Å². The molecule has 2 rings (SSSR count). The largest absolute Gasteiger partial charge is 0.346 e. The van der Waals surface area contributed by atoms with Crippen LogP contribution in [-0.4, -0.2) is 22.6 Å². The fraction of sp³-hybridized carbons (Fsp3) is 0.353. The second kappa shape index (κ2) is 6.99. The van der Waals surface area contributed by atoms with Crippen molar-refractivity contribution < 1.29 is 4.79 Å². The van der Waals surface area contributed by atoms with Crippen LogP contribution in [0.15, 0.2) is 36.4 Å². The molecule has 0 aliphatic carbocycles. The molecule has 0 bridgehead atoms. The molecule has 120 valence electrons. The first-order valence-corrected chi connectivity index (χ1v) is 7.12. The van der Waals surface area contributed by atoms with Crippen LogP contribution in [0.4, 0.5) is 0 Å². The Balaban J connectivity index is 0.00000242. The molecule has 5 heteroatoms. The van der Waals surface area contributed by atoms with E-state index in [0.717, 1.165) is 17.1 Å². The van der Waals surface area contributed by atoms with Gasteiger partial charge in [-0.15, -0.1) is 12.4 Å². The molecule has 2 aromatic rings. The summed E-state index contributed by atoms with van der Waals surface area (Å²) in [5.41, 5.74) is 8.99. The molecule has 22 heavy (non-hydrogen) atoms. The molecule has 1 amide bonds. The monoisotopic (exact) mass is 321 g/mol. The number of para-hydroxylation sites is 1. The number of nitrogens with one attached hydrogen (secondary N) is 1. The van der Waals surface area contributed by atoms with Crippen LogP contribution in [-0.2, 0) is 0 Å². The zero-order valence-electron chi connectivity index (χ0n) is 13.5. The molecule has 0 atom stereocenters. The average molecular weight is 322 g/mol. The molecule has 0 unspecified atom stereocenters. The van der Waals surface area contributed by atoms with Gasteiger partial charge in [0.2, 0.25) is 0 Å². The molecule has 0 aliphatic rings. The van der Waals surface area contributed by atoms with E-state index in [0.29, 0.717) is 12.1 Å². The van der Waals surface area contributed by atoms with Crippen molar-refractivity contribution in [3.05, 3.63) is 53.3 Å². The maximum absolute atomic E-state index is 12.5. The van der Waals surface area contributed by atoms with Crippen molar-refractivity contribution in [1.82, 2.24) is 9.88 Å². The van der Waals surface area contributed by atoms with Crippen molar-refractivity contribution in [2.45, 2.75) is 33.2 Å². The Kier molecular flexibility index (Phi) is 5.80. The highest BCUT2D eigenvalue weighted by Crippen LogP contribution is 2.21. The molecule has 4 nitrogen and oxygen atoms in total. The minimum atomic E-state index is -0.410. The highest BCUT2D eigenvalue weighted by molar-refractivity contribution is 5.96. The van der Waals surface area contributed by atoms with Crippen LogP contribution in [0.25, 0.3) is 5.69 Å². The lowest BCUT2D eigenvalue weighted by Crippen LogP contribution is -2.48. The normalized spacial score (nSPS) is 11.0. The summed E-state index contributed by atoms with van der Waals surface area (Å²) in [6, 6.07) is 12.0. The van der Waals surface area contributed by atoms with Gasteiger partial charge in [-0.1, -0.05) is 18.2 Å². The second-order valence-corrected chi connectivity index (χ2v) is 6.00. The van der Waals surface area contributed by atoms with Crippen LogP contribution < -0.4 is 11.1 Å². The van der Waals surface area contributed by atoms with Gasteiger partial charge in [0.25, 0.3) is 5.91 Å². The number of aromatic nitrogens is 1. The van der Waals surface area contributed by atoms with E-state index < -0.39 is 5.54 Å². The zero-order chi connectivity index (χ0) is 15.6. The summed E-state index contributed by atoms with van der Waals surface area (Å²) in [6.45, 7) is 8.20. The standard InChI is InChI=1S/C17H23N3O.ClH/c1-12-10-15(16(21)19-17(3,4)11-18)13(2)20(12)14-8-6-5-7-9-14;/h5-10H,11,18H2,1-4H3,(H,19,21);1H. The van der Waals surface area contributed by atoms with Crippen LogP contribution in [0.2, 0.25) is 0 Å². The first-order chi connectivity index (χ1) is 9.85. The van der Waals surface area contributed by atoms with Gasteiger partial charge in [-0.2, -0.15) is 0 Å². The summed E-state index contributed by atoms with van der Waals surface area (Å²) in [4.78, 5) is 12.5. The van der Waals surface area contributed by atoms with Crippen molar-refractivity contribution in [2.24, 2.45) is 5.73 Å². The Morgan fingerprint density at radius 1 is 1.23 bits per heavy atom. The zero-order valence-corrected chi connectivity index (χ0v) is 14.3. The van der Waals surface area contributed by atoms with Crippen LogP contribution >= 0.6 is 12.4 Å². The third-order valence-corrected chi connectivity index (χ3v) is 3.65. The van der Waals surface area contributed by atoms with Crippen molar-refractivity contribution in [1.29, 1.82) is 0 Å². The number of nitrogens with two attached hydrogens (primary N) is 1. The Labute approximate surface area is 138 Å². The molecule has 0 spiro atoms. The molecule has 0 aliphatic heterocycles. The summed E-state index contributed by atoms with van der Waals surface area (Å²) in [6.07, 6.45) is 0. The van der Waals surface area contributed by atoms with Gasteiger partial charge in [-0.05, 0) is 45.9 Å². The number of rotatable bonds is 4.